The van der Waals surface area contributed by atoms with Gasteiger partial charge in [-0.3, -0.25) is 25.4 Å². The number of hydrogen-bond donors (Lipinski definition) is 5. The predicted octanol–water partition coefficient (Wildman–Crippen LogP) is 3.58. The SMILES string of the molecule is CCC(C)Nc1c(C=N)nc(C(=O)NNC(C)=O)nc1N[C@H](CC)c1cnc2ccccc2c1. The maximum absolute atomic E-state index is 12.5. The molecule has 2 atom stereocenters. The van der Waals surface area contributed by atoms with Gasteiger partial charge >= 0.3 is 5.91 Å². The Morgan fingerprint density at radius 2 is 1.85 bits per heavy atom. The van der Waals surface area contributed by atoms with Crippen LogP contribution < -0.4 is 21.5 Å². The minimum Gasteiger partial charge on any atom is -0.378 e. The average molecular weight is 463 g/mol. The Morgan fingerprint density at radius 3 is 2.53 bits per heavy atom. The van der Waals surface area contributed by atoms with Crippen LogP contribution in [0.4, 0.5) is 11.5 Å². The van der Waals surface area contributed by atoms with E-state index in [-0.39, 0.29) is 23.6 Å². The van der Waals surface area contributed by atoms with Crippen molar-refractivity contribution in [2.24, 2.45) is 0 Å². The molecule has 2 amide bonds. The summed E-state index contributed by atoms with van der Waals surface area (Å²) >= 11 is 0. The second kappa shape index (κ2) is 11.2. The van der Waals surface area contributed by atoms with E-state index in [0.717, 1.165) is 35.5 Å². The van der Waals surface area contributed by atoms with Crippen molar-refractivity contribution in [1.29, 1.82) is 5.41 Å². The topological polar surface area (TPSA) is 145 Å². The summed E-state index contributed by atoms with van der Waals surface area (Å²) in [6.45, 7) is 7.37. The third-order valence-corrected chi connectivity index (χ3v) is 5.37. The largest absolute Gasteiger partial charge is 0.378 e. The Labute approximate surface area is 198 Å². The lowest BCUT2D eigenvalue weighted by atomic mass is 10.0. The monoisotopic (exact) mass is 462 g/mol. The molecule has 178 valence electrons. The highest BCUT2D eigenvalue weighted by Crippen LogP contribution is 2.30. The van der Waals surface area contributed by atoms with Gasteiger partial charge in [0.15, 0.2) is 5.82 Å². The molecule has 1 aromatic carbocycles. The maximum atomic E-state index is 12.5. The van der Waals surface area contributed by atoms with Gasteiger partial charge in [-0.25, -0.2) is 9.97 Å². The van der Waals surface area contributed by atoms with Gasteiger partial charge in [0.1, 0.15) is 11.4 Å². The molecule has 0 aliphatic heterocycles. The van der Waals surface area contributed by atoms with E-state index in [1.165, 1.54) is 6.92 Å². The van der Waals surface area contributed by atoms with E-state index >= 15 is 0 Å². The van der Waals surface area contributed by atoms with Gasteiger partial charge in [-0.2, -0.15) is 0 Å². The molecule has 3 aromatic rings. The Morgan fingerprint density at radius 1 is 1.09 bits per heavy atom. The molecule has 0 saturated heterocycles. The fourth-order valence-corrected chi connectivity index (χ4v) is 3.34. The number of hydrogen-bond acceptors (Lipinski definition) is 8. The van der Waals surface area contributed by atoms with Crippen LogP contribution in [0.2, 0.25) is 0 Å². The minimum absolute atomic E-state index is 0.0873. The first kappa shape index (κ1) is 24.6. The minimum atomic E-state index is -0.683. The molecule has 10 nitrogen and oxygen atoms in total. The summed E-state index contributed by atoms with van der Waals surface area (Å²) in [5, 5.41) is 15.7. The highest BCUT2D eigenvalue weighted by atomic mass is 16.2. The lowest BCUT2D eigenvalue weighted by molar-refractivity contribution is -0.119. The molecule has 0 aliphatic rings. The molecule has 1 unspecified atom stereocenters. The second-order valence-electron chi connectivity index (χ2n) is 7.96. The molecule has 3 rings (SSSR count). The molecule has 0 fully saturated rings. The van der Waals surface area contributed by atoms with Gasteiger partial charge in [0.05, 0.1) is 11.6 Å². The number of rotatable bonds is 9. The first-order chi connectivity index (χ1) is 16.4. The molecule has 0 spiro atoms. The van der Waals surface area contributed by atoms with Crippen LogP contribution in [0, 0.1) is 5.41 Å². The van der Waals surface area contributed by atoms with Crippen molar-refractivity contribution in [3.05, 3.63) is 53.6 Å². The molecule has 5 N–H and O–H groups in total. The average Bonchev–Trinajstić information content (AvgIpc) is 2.85. The zero-order valence-electron chi connectivity index (χ0n) is 19.8. The number of carbonyl (C=O) groups excluding carboxylic acids is 2. The molecule has 2 aromatic heterocycles. The molecule has 0 radical (unpaired) electrons. The fourth-order valence-electron chi connectivity index (χ4n) is 3.34. The molecular weight excluding hydrogens is 432 g/mol. The summed E-state index contributed by atoms with van der Waals surface area (Å²) in [7, 11) is 0. The number of amides is 2. The van der Waals surface area contributed by atoms with Crippen LogP contribution >= 0.6 is 0 Å². The van der Waals surface area contributed by atoms with E-state index < -0.39 is 11.8 Å². The van der Waals surface area contributed by atoms with Gasteiger partial charge in [0.2, 0.25) is 11.7 Å². The molecule has 2 heterocycles. The number of hydrazine groups is 1. The van der Waals surface area contributed by atoms with Crippen LogP contribution in [0.3, 0.4) is 0 Å². The summed E-state index contributed by atoms with van der Waals surface area (Å²) in [4.78, 5) is 37.0. The number of para-hydroxylation sites is 1. The van der Waals surface area contributed by atoms with Crippen molar-refractivity contribution in [2.45, 2.75) is 52.6 Å². The molecule has 34 heavy (non-hydrogen) atoms. The Kier molecular flexibility index (Phi) is 8.07. The van der Waals surface area contributed by atoms with E-state index in [1.807, 2.05) is 51.2 Å². The third-order valence-electron chi connectivity index (χ3n) is 5.37. The maximum Gasteiger partial charge on any atom is 0.307 e. The number of aromatic nitrogens is 3. The molecule has 10 heteroatoms. The molecular formula is C24H30N8O2. The quantitative estimate of drug-likeness (QED) is 0.241. The van der Waals surface area contributed by atoms with E-state index in [1.54, 1.807) is 0 Å². The van der Waals surface area contributed by atoms with E-state index in [2.05, 4.69) is 42.5 Å². The molecule has 0 saturated carbocycles. The van der Waals surface area contributed by atoms with Gasteiger partial charge < -0.3 is 16.0 Å². The van der Waals surface area contributed by atoms with Crippen molar-refractivity contribution in [3.63, 3.8) is 0 Å². The number of nitrogens with one attached hydrogen (secondary N) is 5. The summed E-state index contributed by atoms with van der Waals surface area (Å²) in [5.41, 5.74) is 7.17. The van der Waals surface area contributed by atoms with E-state index in [0.29, 0.717) is 11.5 Å². The Hall–Kier alpha value is -4.08. The van der Waals surface area contributed by atoms with Gasteiger partial charge in [0.25, 0.3) is 0 Å². The van der Waals surface area contributed by atoms with Crippen LogP contribution in [0.5, 0.6) is 0 Å². The standard InChI is InChI=1S/C24H30N8O2/c1-5-14(3)27-21-20(12-25)29-23(24(34)32-31-15(4)33)30-22(21)28-18(6-2)17-11-16-9-7-8-10-19(16)26-13-17/h7-14,18,25,27H,5-6H2,1-4H3,(H,31,33)(H,32,34)(H,28,29,30)/t14?,18-/m1/s1. The molecule has 0 aliphatic carbocycles. The Bertz CT molecular complexity index is 1200. The summed E-state index contributed by atoms with van der Waals surface area (Å²) in [6.07, 6.45) is 4.47. The smallest absolute Gasteiger partial charge is 0.307 e. The zero-order valence-corrected chi connectivity index (χ0v) is 19.8. The van der Waals surface area contributed by atoms with E-state index in [9.17, 15) is 9.59 Å². The fraction of sp³-hybridized carbons (Fsp3) is 0.333. The number of nitrogens with zero attached hydrogens (tertiary/aromatic N) is 3. The number of benzene rings is 1. The Balaban J connectivity index is 2.03. The van der Waals surface area contributed by atoms with Crippen molar-refractivity contribution < 1.29 is 9.59 Å². The summed E-state index contributed by atoms with van der Waals surface area (Å²) < 4.78 is 0. The van der Waals surface area contributed by atoms with Gasteiger partial charge in [0, 0.05) is 30.8 Å². The first-order valence-electron chi connectivity index (χ1n) is 11.2. The van der Waals surface area contributed by atoms with Gasteiger partial charge in [-0.15, -0.1) is 0 Å². The van der Waals surface area contributed by atoms with Crippen molar-refractivity contribution in [1.82, 2.24) is 25.8 Å². The number of anilines is 2. The number of fused-ring (bicyclic) bond motifs is 1. The van der Waals surface area contributed by atoms with Crippen LogP contribution in [0.1, 0.15) is 68.5 Å². The summed E-state index contributed by atoms with van der Waals surface area (Å²) in [5.74, 6) is -0.890. The van der Waals surface area contributed by atoms with Crippen molar-refractivity contribution >= 4 is 40.4 Å². The van der Waals surface area contributed by atoms with Crippen LogP contribution in [0.25, 0.3) is 10.9 Å². The van der Waals surface area contributed by atoms with Gasteiger partial charge in [-0.1, -0.05) is 32.0 Å². The van der Waals surface area contributed by atoms with E-state index in [4.69, 9.17) is 5.41 Å². The number of pyridine rings is 1. The van der Waals surface area contributed by atoms with Crippen molar-refractivity contribution in [3.8, 4) is 0 Å². The summed E-state index contributed by atoms with van der Waals surface area (Å²) in [6, 6.07) is 9.90. The normalized spacial score (nSPS) is 12.5. The number of carbonyl (C=O) groups is 2. The third kappa shape index (κ3) is 5.83. The molecule has 0 bridgehead atoms. The highest BCUT2D eigenvalue weighted by molar-refractivity contribution is 5.95. The van der Waals surface area contributed by atoms with Crippen LogP contribution in [-0.4, -0.2) is 39.0 Å². The zero-order chi connectivity index (χ0) is 24.7. The lowest BCUT2D eigenvalue weighted by Crippen LogP contribution is -2.41. The van der Waals surface area contributed by atoms with Crippen LogP contribution in [0.15, 0.2) is 36.5 Å². The first-order valence-corrected chi connectivity index (χ1v) is 11.2. The predicted molar refractivity (Wildman–Crippen MR) is 133 cm³/mol. The van der Waals surface area contributed by atoms with Gasteiger partial charge in [-0.05, 0) is 37.5 Å². The van der Waals surface area contributed by atoms with Crippen LogP contribution in [-0.2, 0) is 4.79 Å². The van der Waals surface area contributed by atoms with Crippen molar-refractivity contribution in [2.75, 3.05) is 10.6 Å². The highest BCUT2D eigenvalue weighted by Gasteiger charge is 2.21. The second-order valence-corrected chi connectivity index (χ2v) is 7.96. The lowest BCUT2D eigenvalue weighted by Gasteiger charge is -2.23.